The van der Waals surface area contributed by atoms with Gasteiger partial charge < -0.3 is 24.8 Å². The van der Waals surface area contributed by atoms with Crippen molar-refractivity contribution < 1.29 is 47.8 Å². The number of hydrogen-bond donors (Lipinski definition) is 3. The summed E-state index contributed by atoms with van der Waals surface area (Å²) in [5.74, 6) is -0.467. The van der Waals surface area contributed by atoms with Crippen LogP contribution in [0.5, 0.6) is 0 Å². The van der Waals surface area contributed by atoms with Gasteiger partial charge >= 0.3 is 18.2 Å². The molecule has 1 saturated heterocycles. The molecule has 2 aromatic rings. The summed E-state index contributed by atoms with van der Waals surface area (Å²) in [4.78, 5) is 80.6. The van der Waals surface area contributed by atoms with Crippen LogP contribution < -0.4 is 20.9 Å². The molecule has 282 valence electrons. The second-order valence-electron chi connectivity index (χ2n) is 12.3. The fourth-order valence-electron chi connectivity index (χ4n) is 5.76. The van der Waals surface area contributed by atoms with Crippen molar-refractivity contribution >= 4 is 64.5 Å². The smallest absolute Gasteiger partial charge is 0.414 e. The third-order valence-electron chi connectivity index (χ3n) is 8.09. The molecule has 2 aromatic carbocycles. The van der Waals surface area contributed by atoms with Crippen molar-refractivity contribution in [3.05, 3.63) is 58.7 Å². The molecule has 3 N–H and O–H groups in total. The van der Waals surface area contributed by atoms with Crippen LogP contribution in [0, 0.1) is 0 Å². The third-order valence-corrected chi connectivity index (χ3v) is 8.37. The zero-order chi connectivity index (χ0) is 38.2. The number of ketones is 2. The quantitative estimate of drug-likeness (QED) is 0.103. The van der Waals surface area contributed by atoms with Crippen molar-refractivity contribution in [1.29, 1.82) is 0 Å². The Balaban J connectivity index is 0.000000225. The molecule has 0 spiro atoms. The number of aryl methyl sites for hydroxylation is 2. The maximum atomic E-state index is 12.1. The Labute approximate surface area is 308 Å². The van der Waals surface area contributed by atoms with Crippen LogP contribution in [0.1, 0.15) is 98.1 Å². The summed E-state index contributed by atoms with van der Waals surface area (Å²) in [6.07, 6.45) is 4.86. The number of Topliss-reactive ketones (excluding diaryl/α,β-unsaturated/α-hetero) is 2. The number of amides is 4. The number of nitrogens with zero attached hydrogens (tertiary/aromatic N) is 1. The highest BCUT2D eigenvalue weighted by atomic mass is 35.5. The number of hydrogen-bond acceptors (Lipinski definition) is 10. The minimum atomic E-state index is -0.716. The number of cyclic esters (lactones) is 1. The first-order chi connectivity index (χ1) is 24.8. The van der Waals surface area contributed by atoms with Crippen LogP contribution in [-0.2, 0) is 41.4 Å². The Morgan fingerprint density at radius 1 is 0.865 bits per heavy atom. The number of esters is 1. The molecule has 1 unspecified atom stereocenters. The van der Waals surface area contributed by atoms with Gasteiger partial charge in [-0.05, 0) is 93.0 Å². The third kappa shape index (κ3) is 13.3. The van der Waals surface area contributed by atoms with Crippen molar-refractivity contribution in [2.45, 2.75) is 91.4 Å². The topological polar surface area (TPSA) is 187 Å². The molecule has 1 fully saturated rings. The summed E-state index contributed by atoms with van der Waals surface area (Å²) < 4.78 is 14.7. The van der Waals surface area contributed by atoms with Crippen LogP contribution in [-0.4, -0.2) is 79.4 Å². The van der Waals surface area contributed by atoms with Gasteiger partial charge in [0.25, 0.3) is 0 Å². The van der Waals surface area contributed by atoms with Crippen molar-refractivity contribution in [2.24, 2.45) is 0 Å². The lowest BCUT2D eigenvalue weighted by atomic mass is 10.0. The number of anilines is 2. The average Bonchev–Trinajstić information content (AvgIpc) is 3.23. The fraction of sp³-hybridized carbons (Fsp3) is 0.486. The van der Waals surface area contributed by atoms with Crippen molar-refractivity contribution in [2.75, 3.05) is 35.8 Å². The van der Waals surface area contributed by atoms with E-state index in [-0.39, 0.29) is 35.4 Å². The summed E-state index contributed by atoms with van der Waals surface area (Å²) in [5, 5.41) is 7.66. The van der Waals surface area contributed by atoms with Gasteiger partial charge in [-0.25, -0.2) is 9.59 Å². The van der Waals surface area contributed by atoms with Gasteiger partial charge in [0.1, 0.15) is 6.10 Å². The molecular formula is C37H47ClN4O10. The zero-order valence-electron chi connectivity index (χ0n) is 30.0. The van der Waals surface area contributed by atoms with Gasteiger partial charge in [-0.2, -0.15) is 0 Å². The number of benzene rings is 2. The highest BCUT2D eigenvalue weighted by Crippen LogP contribution is 2.28. The number of nitrogens with one attached hydrogen (secondary N) is 3. The number of ether oxygens (including phenoxy) is 3. The van der Waals surface area contributed by atoms with E-state index in [1.54, 1.807) is 30.0 Å². The van der Waals surface area contributed by atoms with Gasteiger partial charge in [0, 0.05) is 56.1 Å². The molecule has 2 atom stereocenters. The van der Waals surface area contributed by atoms with E-state index in [0.29, 0.717) is 38.2 Å². The number of alkyl halides is 1. The lowest BCUT2D eigenvalue weighted by molar-refractivity contribution is -0.148. The largest absolute Gasteiger partial charge is 0.450 e. The molecule has 2 aliphatic carbocycles. The van der Waals surface area contributed by atoms with Crippen LogP contribution in [0.3, 0.4) is 0 Å². The van der Waals surface area contributed by atoms with Gasteiger partial charge in [-0.15, -0.1) is 11.6 Å². The predicted molar refractivity (Wildman–Crippen MR) is 194 cm³/mol. The lowest BCUT2D eigenvalue weighted by Crippen LogP contribution is -2.37. The van der Waals surface area contributed by atoms with E-state index in [4.69, 9.17) is 21.1 Å². The average molecular weight is 743 g/mol. The molecule has 15 heteroatoms. The van der Waals surface area contributed by atoms with E-state index in [1.807, 2.05) is 18.2 Å². The predicted octanol–water partition coefficient (Wildman–Crippen LogP) is 5.47. The first-order valence-corrected chi connectivity index (χ1v) is 17.8. The van der Waals surface area contributed by atoms with Crippen LogP contribution in [0.15, 0.2) is 36.4 Å². The normalized spacial score (nSPS) is 16.8. The summed E-state index contributed by atoms with van der Waals surface area (Å²) in [6, 6.07) is 10.9. The summed E-state index contributed by atoms with van der Waals surface area (Å²) in [7, 11) is 0. The number of carbonyl (C=O) groups excluding carboxylic acids is 7. The maximum absolute atomic E-state index is 12.1. The highest BCUT2D eigenvalue weighted by molar-refractivity contribution is 6.18. The first kappa shape index (κ1) is 41.4. The van der Waals surface area contributed by atoms with Crippen molar-refractivity contribution in [1.82, 2.24) is 10.6 Å². The van der Waals surface area contributed by atoms with Gasteiger partial charge in [0.2, 0.25) is 11.8 Å². The van der Waals surface area contributed by atoms with Gasteiger partial charge in [0.05, 0.1) is 25.6 Å². The summed E-state index contributed by atoms with van der Waals surface area (Å²) in [6.45, 7) is 6.81. The molecular weight excluding hydrogens is 696 g/mol. The summed E-state index contributed by atoms with van der Waals surface area (Å²) in [5.41, 5.74) is 5.01. The van der Waals surface area contributed by atoms with Gasteiger partial charge in [-0.1, -0.05) is 0 Å². The van der Waals surface area contributed by atoms with E-state index in [9.17, 15) is 33.6 Å². The van der Waals surface area contributed by atoms with Crippen LogP contribution >= 0.6 is 11.6 Å². The second kappa shape index (κ2) is 20.8. The van der Waals surface area contributed by atoms with Crippen LogP contribution in [0.25, 0.3) is 0 Å². The minimum absolute atomic E-state index is 0.0547. The molecule has 52 heavy (non-hydrogen) atoms. The monoisotopic (exact) mass is 742 g/mol. The Morgan fingerprint density at radius 3 is 2.02 bits per heavy atom. The van der Waals surface area contributed by atoms with Crippen molar-refractivity contribution in [3.63, 3.8) is 0 Å². The fourth-order valence-corrected chi connectivity index (χ4v) is 5.90. The Hall–Kier alpha value is -4.98. The van der Waals surface area contributed by atoms with E-state index in [2.05, 4.69) is 20.7 Å². The molecule has 0 radical (unpaired) electrons. The molecule has 5 rings (SSSR count). The molecule has 0 aromatic heterocycles. The van der Waals surface area contributed by atoms with Gasteiger partial charge in [0.15, 0.2) is 17.8 Å². The Morgan fingerprint density at radius 2 is 1.46 bits per heavy atom. The molecule has 1 aliphatic heterocycles. The molecule has 0 saturated carbocycles. The molecule has 3 aliphatic rings. The number of halogens is 1. The number of rotatable bonds is 8. The lowest BCUT2D eigenvalue weighted by Gasteiger charge is -2.15. The van der Waals surface area contributed by atoms with Gasteiger partial charge in [-0.3, -0.25) is 34.2 Å². The molecule has 4 amide bonds. The molecule has 0 bridgehead atoms. The number of fused-ring (bicyclic) bond motifs is 2. The van der Waals surface area contributed by atoms with E-state index < -0.39 is 24.4 Å². The Kier molecular flexibility index (Phi) is 16.5. The molecule has 1 heterocycles. The standard InChI is InChI=1S/C17H20N2O4.C14H17NO3.C6H10ClNO3/c1-11(20)18-9-14-10-19(17(22)23-14)13-6-7-15-12(8-13)4-2-3-5-16(15)21;1-2-18-14(17)15-11-7-8-12-10(9-11)5-3-4-6-13(12)16;1-4(9)8-6(3-7)11-5(2)10/h6-8,14H,2-5,9-10H2,1H3,(H,18,20);7-9H,2-6H2,1H3,(H,15,17);6H,3H2,1-2H3,(H,8,9)/t14-;;/m0../s1. The second-order valence-corrected chi connectivity index (χ2v) is 12.6. The minimum Gasteiger partial charge on any atom is -0.450 e. The highest BCUT2D eigenvalue weighted by Gasteiger charge is 2.33. The van der Waals surface area contributed by atoms with Crippen LogP contribution in [0.2, 0.25) is 0 Å². The summed E-state index contributed by atoms with van der Waals surface area (Å²) >= 11 is 5.36. The molecule has 14 nitrogen and oxygen atoms in total. The van der Waals surface area contributed by atoms with E-state index in [1.165, 1.54) is 20.8 Å². The van der Waals surface area contributed by atoms with E-state index in [0.717, 1.165) is 66.5 Å². The Bertz CT molecular complexity index is 1620. The maximum Gasteiger partial charge on any atom is 0.414 e. The number of carbonyl (C=O) groups is 7. The van der Waals surface area contributed by atoms with Crippen molar-refractivity contribution in [3.8, 4) is 0 Å². The van der Waals surface area contributed by atoms with Crippen LogP contribution in [0.4, 0.5) is 21.0 Å². The zero-order valence-corrected chi connectivity index (χ0v) is 30.8. The first-order valence-electron chi connectivity index (χ1n) is 17.3. The van der Waals surface area contributed by atoms with E-state index >= 15 is 0 Å². The SMILES string of the molecule is CC(=O)NC(CCl)OC(C)=O.CC(=O)NC[C@H]1CN(c2ccc3c(c2)CCCCC3=O)C(=O)O1.CCOC(=O)Nc1ccc2c(c1)CCCCC2=O.